The van der Waals surface area contributed by atoms with Crippen molar-refractivity contribution >= 4 is 5.91 Å². The number of aromatic nitrogens is 3. The van der Waals surface area contributed by atoms with Crippen LogP contribution < -0.4 is 4.74 Å². The van der Waals surface area contributed by atoms with Crippen LogP contribution in [0.2, 0.25) is 0 Å². The zero-order valence-electron chi connectivity index (χ0n) is 18.0. The van der Waals surface area contributed by atoms with E-state index in [1.807, 2.05) is 13.8 Å². The number of ether oxygens (including phenoxy) is 1. The molecule has 2 aromatic heterocycles. The molecular weight excluding hydrogens is 447 g/mol. The molecule has 0 bridgehead atoms. The standard InChI is InChI=1S/C22H21F5N4O2/c1-13(2)19-17(11-29-31(19)18-9-6-15(10-28-18)22(25,26)27)20(32)30(3)12-14-4-7-16(8-5-14)33-21(23)24/h4-11,13,21H,12H2,1-3H3. The summed E-state index contributed by atoms with van der Waals surface area (Å²) in [5, 5.41) is 4.19. The minimum Gasteiger partial charge on any atom is -0.435 e. The first kappa shape index (κ1) is 24.1. The Kier molecular flexibility index (Phi) is 6.99. The number of alkyl halides is 5. The Hall–Kier alpha value is -3.50. The highest BCUT2D eigenvalue weighted by Gasteiger charge is 2.31. The van der Waals surface area contributed by atoms with Gasteiger partial charge in [0.1, 0.15) is 5.75 Å². The van der Waals surface area contributed by atoms with Crippen LogP contribution in [0.1, 0.15) is 46.9 Å². The lowest BCUT2D eigenvalue weighted by Gasteiger charge is -2.19. The second kappa shape index (κ2) is 9.55. The Labute approximate surface area is 186 Å². The van der Waals surface area contributed by atoms with E-state index >= 15 is 0 Å². The SMILES string of the molecule is CC(C)c1c(C(=O)N(C)Cc2ccc(OC(F)F)cc2)cnn1-c1ccc(C(F)(F)F)cn1. The molecule has 0 radical (unpaired) electrons. The number of hydrogen-bond acceptors (Lipinski definition) is 4. The monoisotopic (exact) mass is 468 g/mol. The highest BCUT2D eigenvalue weighted by atomic mass is 19.4. The molecule has 0 aliphatic rings. The topological polar surface area (TPSA) is 60.3 Å². The molecule has 0 N–H and O–H groups in total. The summed E-state index contributed by atoms with van der Waals surface area (Å²) in [5.74, 6) is -0.377. The van der Waals surface area contributed by atoms with Gasteiger partial charge in [0.25, 0.3) is 5.91 Å². The fourth-order valence-corrected chi connectivity index (χ4v) is 3.27. The van der Waals surface area contributed by atoms with Crippen LogP contribution in [0.3, 0.4) is 0 Å². The maximum atomic E-state index is 13.1. The Morgan fingerprint density at radius 3 is 2.27 bits per heavy atom. The predicted octanol–water partition coefficient (Wildman–Crippen LogP) is 5.28. The molecule has 1 aromatic carbocycles. The smallest absolute Gasteiger partial charge is 0.417 e. The van der Waals surface area contributed by atoms with Crippen LogP contribution in [0.25, 0.3) is 5.82 Å². The molecule has 2 heterocycles. The summed E-state index contributed by atoms with van der Waals surface area (Å²) in [5.41, 5.74) is 0.590. The van der Waals surface area contributed by atoms with Crippen LogP contribution in [0.4, 0.5) is 22.0 Å². The van der Waals surface area contributed by atoms with Gasteiger partial charge in [0.2, 0.25) is 0 Å². The molecule has 0 aliphatic carbocycles. The van der Waals surface area contributed by atoms with Crippen molar-refractivity contribution in [2.75, 3.05) is 7.05 Å². The normalized spacial score (nSPS) is 11.8. The third kappa shape index (κ3) is 5.65. The van der Waals surface area contributed by atoms with Gasteiger partial charge in [0.15, 0.2) is 5.82 Å². The zero-order chi connectivity index (χ0) is 24.3. The molecule has 11 heteroatoms. The Bertz CT molecular complexity index is 1090. The second-order valence-electron chi connectivity index (χ2n) is 7.60. The van der Waals surface area contributed by atoms with Crippen molar-refractivity contribution in [3.63, 3.8) is 0 Å². The Morgan fingerprint density at radius 1 is 1.09 bits per heavy atom. The number of amides is 1. The number of pyridine rings is 1. The third-order valence-corrected chi connectivity index (χ3v) is 4.79. The van der Waals surface area contributed by atoms with E-state index in [1.165, 1.54) is 34.0 Å². The number of carbonyl (C=O) groups is 1. The average Bonchev–Trinajstić information content (AvgIpc) is 3.19. The number of hydrogen-bond donors (Lipinski definition) is 0. The van der Waals surface area contributed by atoms with Gasteiger partial charge in [-0.1, -0.05) is 26.0 Å². The number of rotatable bonds is 7. The summed E-state index contributed by atoms with van der Waals surface area (Å²) in [4.78, 5) is 18.4. The number of benzene rings is 1. The Morgan fingerprint density at radius 2 is 1.76 bits per heavy atom. The van der Waals surface area contributed by atoms with Gasteiger partial charge in [-0.3, -0.25) is 4.79 Å². The molecule has 3 rings (SSSR count). The molecule has 3 aromatic rings. The van der Waals surface area contributed by atoms with Crippen LogP contribution in [-0.2, 0) is 12.7 Å². The summed E-state index contributed by atoms with van der Waals surface area (Å²) < 4.78 is 68.7. The van der Waals surface area contributed by atoms with Gasteiger partial charge in [-0.15, -0.1) is 0 Å². The van der Waals surface area contributed by atoms with Gasteiger partial charge >= 0.3 is 12.8 Å². The number of halogens is 5. The fraction of sp³-hybridized carbons (Fsp3) is 0.318. The quantitative estimate of drug-likeness (QED) is 0.443. The molecule has 0 fully saturated rings. The first-order chi connectivity index (χ1) is 15.5. The summed E-state index contributed by atoms with van der Waals surface area (Å²) in [7, 11) is 1.57. The molecule has 0 spiro atoms. The fourth-order valence-electron chi connectivity index (χ4n) is 3.27. The second-order valence-corrected chi connectivity index (χ2v) is 7.60. The lowest BCUT2D eigenvalue weighted by molar-refractivity contribution is -0.137. The molecule has 0 saturated carbocycles. The summed E-state index contributed by atoms with van der Waals surface area (Å²) in [6, 6.07) is 8.01. The van der Waals surface area contributed by atoms with E-state index in [2.05, 4.69) is 14.8 Å². The molecule has 0 atom stereocenters. The van der Waals surface area contributed by atoms with Gasteiger partial charge in [-0.05, 0) is 35.7 Å². The first-order valence-electron chi connectivity index (χ1n) is 9.88. The third-order valence-electron chi connectivity index (χ3n) is 4.79. The van der Waals surface area contributed by atoms with Crippen LogP contribution >= 0.6 is 0 Å². The van der Waals surface area contributed by atoms with E-state index in [4.69, 9.17) is 0 Å². The number of carbonyl (C=O) groups excluding carboxylic acids is 1. The van der Waals surface area contributed by atoms with Crippen LogP contribution in [0.15, 0.2) is 48.8 Å². The van der Waals surface area contributed by atoms with E-state index in [1.54, 1.807) is 19.2 Å². The van der Waals surface area contributed by atoms with E-state index in [0.717, 1.165) is 12.3 Å². The van der Waals surface area contributed by atoms with Gasteiger partial charge in [0.05, 0.1) is 23.0 Å². The van der Waals surface area contributed by atoms with Crippen LogP contribution in [0, 0.1) is 0 Å². The maximum Gasteiger partial charge on any atom is 0.417 e. The van der Waals surface area contributed by atoms with Crippen molar-refractivity contribution in [3.8, 4) is 11.6 Å². The molecule has 6 nitrogen and oxygen atoms in total. The summed E-state index contributed by atoms with van der Waals surface area (Å²) in [6.07, 6.45) is -2.44. The molecule has 1 amide bonds. The zero-order valence-corrected chi connectivity index (χ0v) is 18.0. The minimum atomic E-state index is -4.51. The lowest BCUT2D eigenvalue weighted by Crippen LogP contribution is -2.27. The van der Waals surface area contributed by atoms with Crippen molar-refractivity contribution in [2.24, 2.45) is 0 Å². The molecule has 0 unspecified atom stereocenters. The van der Waals surface area contributed by atoms with Crippen molar-refractivity contribution in [2.45, 2.75) is 39.1 Å². The Balaban J connectivity index is 1.82. The molecule has 0 aliphatic heterocycles. The van der Waals surface area contributed by atoms with Gasteiger partial charge in [0, 0.05) is 19.8 Å². The van der Waals surface area contributed by atoms with Gasteiger partial charge in [-0.2, -0.15) is 27.1 Å². The molecule has 176 valence electrons. The number of nitrogens with zero attached hydrogens (tertiary/aromatic N) is 4. The molecule has 0 saturated heterocycles. The lowest BCUT2D eigenvalue weighted by atomic mass is 10.0. The van der Waals surface area contributed by atoms with Crippen LogP contribution in [0.5, 0.6) is 5.75 Å². The first-order valence-corrected chi connectivity index (χ1v) is 9.88. The van der Waals surface area contributed by atoms with E-state index in [0.29, 0.717) is 11.3 Å². The van der Waals surface area contributed by atoms with Crippen molar-refractivity contribution < 1.29 is 31.5 Å². The highest BCUT2D eigenvalue weighted by molar-refractivity contribution is 5.95. The van der Waals surface area contributed by atoms with E-state index in [-0.39, 0.29) is 35.5 Å². The van der Waals surface area contributed by atoms with Crippen LogP contribution in [-0.4, -0.2) is 39.2 Å². The van der Waals surface area contributed by atoms with Gasteiger partial charge in [-0.25, -0.2) is 9.67 Å². The largest absolute Gasteiger partial charge is 0.435 e. The van der Waals surface area contributed by atoms with Crippen molar-refractivity contribution in [1.82, 2.24) is 19.7 Å². The van der Waals surface area contributed by atoms with E-state index in [9.17, 15) is 26.7 Å². The summed E-state index contributed by atoms with van der Waals surface area (Å²) >= 11 is 0. The minimum absolute atomic E-state index is 0.00939. The highest BCUT2D eigenvalue weighted by Crippen LogP contribution is 2.30. The molecule has 33 heavy (non-hydrogen) atoms. The van der Waals surface area contributed by atoms with Crippen molar-refractivity contribution in [3.05, 3.63) is 71.2 Å². The maximum absolute atomic E-state index is 13.1. The van der Waals surface area contributed by atoms with E-state index < -0.39 is 18.4 Å². The predicted molar refractivity (Wildman–Crippen MR) is 109 cm³/mol. The average molecular weight is 468 g/mol. The molecular formula is C22H21F5N4O2. The van der Waals surface area contributed by atoms with Gasteiger partial charge < -0.3 is 9.64 Å². The summed E-state index contributed by atoms with van der Waals surface area (Å²) in [6.45, 7) is 0.923. The van der Waals surface area contributed by atoms with Crippen molar-refractivity contribution in [1.29, 1.82) is 0 Å².